The maximum Gasteiger partial charge on any atom is 0.227 e. The Morgan fingerprint density at radius 3 is 2.46 bits per heavy atom. The van der Waals surface area contributed by atoms with Gasteiger partial charge >= 0.3 is 0 Å². The highest BCUT2D eigenvalue weighted by Gasteiger charge is 2.27. The second-order valence-electron chi connectivity index (χ2n) is 7.76. The molecule has 24 heavy (non-hydrogen) atoms. The van der Waals surface area contributed by atoms with Crippen molar-refractivity contribution >= 4 is 5.91 Å². The van der Waals surface area contributed by atoms with Crippen LogP contribution >= 0.6 is 0 Å². The molecule has 1 heterocycles. The van der Waals surface area contributed by atoms with Crippen molar-refractivity contribution in [1.29, 1.82) is 0 Å². The molecule has 0 unspecified atom stereocenters. The summed E-state index contributed by atoms with van der Waals surface area (Å²) >= 11 is 0. The largest absolute Gasteiger partial charge is 0.396 e. The second-order valence-corrected chi connectivity index (χ2v) is 7.76. The van der Waals surface area contributed by atoms with Gasteiger partial charge < -0.3 is 10.0 Å². The third-order valence-corrected chi connectivity index (χ3v) is 5.41. The number of aryl methyl sites for hydroxylation is 1. The Morgan fingerprint density at radius 1 is 1.29 bits per heavy atom. The summed E-state index contributed by atoms with van der Waals surface area (Å²) in [5.74, 6) is 1.14. The van der Waals surface area contributed by atoms with Gasteiger partial charge in [0.15, 0.2) is 0 Å². The predicted octanol–water partition coefficient (Wildman–Crippen LogP) is 2.71. The van der Waals surface area contributed by atoms with Gasteiger partial charge in [-0.15, -0.1) is 0 Å². The van der Waals surface area contributed by atoms with Crippen LogP contribution < -0.4 is 0 Å². The van der Waals surface area contributed by atoms with E-state index in [0.717, 1.165) is 49.2 Å². The van der Waals surface area contributed by atoms with E-state index >= 15 is 0 Å². The monoisotopic (exact) mass is 335 g/mol. The zero-order chi connectivity index (χ0) is 17.9. The molecule has 5 nitrogen and oxygen atoms in total. The van der Waals surface area contributed by atoms with E-state index in [9.17, 15) is 9.90 Å². The van der Waals surface area contributed by atoms with Crippen molar-refractivity contribution in [3.8, 4) is 0 Å². The third kappa shape index (κ3) is 4.38. The van der Waals surface area contributed by atoms with Crippen LogP contribution in [0.15, 0.2) is 0 Å². The number of aromatic nitrogens is 2. The van der Waals surface area contributed by atoms with E-state index in [-0.39, 0.29) is 12.5 Å². The van der Waals surface area contributed by atoms with Crippen molar-refractivity contribution in [2.75, 3.05) is 13.7 Å². The molecule has 0 radical (unpaired) electrons. The Bertz CT molecular complexity index is 557. The lowest BCUT2D eigenvalue weighted by molar-refractivity contribution is -0.132. The van der Waals surface area contributed by atoms with E-state index in [0.29, 0.717) is 24.3 Å². The fraction of sp³-hybridized carbons (Fsp3) is 0.789. The van der Waals surface area contributed by atoms with Crippen LogP contribution in [-0.4, -0.2) is 45.4 Å². The van der Waals surface area contributed by atoms with Gasteiger partial charge in [-0.3, -0.25) is 9.48 Å². The predicted molar refractivity (Wildman–Crippen MR) is 95.8 cm³/mol. The van der Waals surface area contributed by atoms with Crippen LogP contribution in [0.5, 0.6) is 0 Å². The van der Waals surface area contributed by atoms with Gasteiger partial charge in [-0.2, -0.15) is 5.10 Å². The van der Waals surface area contributed by atoms with E-state index in [1.807, 2.05) is 23.6 Å². The topological polar surface area (TPSA) is 58.4 Å². The highest BCUT2D eigenvalue weighted by atomic mass is 16.3. The highest BCUT2D eigenvalue weighted by molar-refractivity contribution is 5.79. The van der Waals surface area contributed by atoms with Gasteiger partial charge in [0.25, 0.3) is 0 Å². The molecule has 1 aliphatic rings. The van der Waals surface area contributed by atoms with E-state index in [2.05, 4.69) is 25.9 Å². The molecule has 1 fully saturated rings. The SMILES string of the molecule is Cc1nn(CC(C)C)c(C)c1CC(=O)N(C)C1CCC(CO)CC1. The fourth-order valence-electron chi connectivity index (χ4n) is 3.71. The van der Waals surface area contributed by atoms with E-state index in [4.69, 9.17) is 0 Å². The summed E-state index contributed by atoms with van der Waals surface area (Å²) in [4.78, 5) is 14.7. The summed E-state index contributed by atoms with van der Waals surface area (Å²) in [6.45, 7) is 9.59. The van der Waals surface area contributed by atoms with Crippen LogP contribution in [0, 0.1) is 25.7 Å². The average molecular weight is 335 g/mol. The van der Waals surface area contributed by atoms with Gasteiger partial charge in [0.05, 0.1) is 12.1 Å². The van der Waals surface area contributed by atoms with Crippen LogP contribution in [0.3, 0.4) is 0 Å². The third-order valence-electron chi connectivity index (χ3n) is 5.41. The molecule has 0 aliphatic heterocycles. The fourth-order valence-corrected chi connectivity index (χ4v) is 3.71. The summed E-state index contributed by atoms with van der Waals surface area (Å²) < 4.78 is 2.04. The van der Waals surface area contributed by atoms with E-state index in [1.165, 1.54) is 0 Å². The Labute approximate surface area is 146 Å². The van der Waals surface area contributed by atoms with Crippen LogP contribution in [0.25, 0.3) is 0 Å². The molecule has 0 spiro atoms. The minimum Gasteiger partial charge on any atom is -0.396 e. The Balaban J connectivity index is 2.00. The zero-order valence-electron chi connectivity index (χ0n) is 15.9. The summed E-state index contributed by atoms with van der Waals surface area (Å²) in [7, 11) is 1.93. The first kappa shape index (κ1) is 19.0. The van der Waals surface area contributed by atoms with Gasteiger partial charge in [0.2, 0.25) is 5.91 Å². The Kier molecular flexibility index (Phi) is 6.44. The second kappa shape index (κ2) is 8.15. The molecular weight excluding hydrogens is 302 g/mol. The average Bonchev–Trinajstić information content (AvgIpc) is 2.81. The molecule has 0 saturated heterocycles. The van der Waals surface area contributed by atoms with Crippen molar-refractivity contribution in [2.24, 2.45) is 11.8 Å². The standard InChI is InChI=1S/C19H33N3O2/c1-13(2)11-22-15(4)18(14(3)20-22)10-19(24)21(5)17-8-6-16(12-23)7-9-17/h13,16-17,23H,6-12H2,1-5H3. The zero-order valence-corrected chi connectivity index (χ0v) is 15.9. The van der Waals surface area contributed by atoms with Gasteiger partial charge in [-0.05, 0) is 51.4 Å². The van der Waals surface area contributed by atoms with Crippen molar-refractivity contribution < 1.29 is 9.90 Å². The minimum absolute atomic E-state index is 0.178. The van der Waals surface area contributed by atoms with Crippen molar-refractivity contribution in [2.45, 2.75) is 72.4 Å². The smallest absolute Gasteiger partial charge is 0.227 e. The summed E-state index contributed by atoms with van der Waals surface area (Å²) in [6.07, 6.45) is 4.47. The number of rotatable bonds is 6. The number of carbonyl (C=O) groups excluding carboxylic acids is 1. The van der Waals surface area contributed by atoms with Crippen molar-refractivity contribution in [1.82, 2.24) is 14.7 Å². The highest BCUT2D eigenvalue weighted by Crippen LogP contribution is 2.27. The molecule has 0 aromatic carbocycles. The van der Waals surface area contributed by atoms with Crippen LogP contribution in [0.1, 0.15) is 56.5 Å². The molecule has 136 valence electrons. The first-order valence-electron chi connectivity index (χ1n) is 9.22. The molecule has 1 saturated carbocycles. The van der Waals surface area contributed by atoms with Crippen LogP contribution in [0.4, 0.5) is 0 Å². The van der Waals surface area contributed by atoms with Gasteiger partial charge in [0, 0.05) is 37.5 Å². The lowest BCUT2D eigenvalue weighted by Crippen LogP contribution is -2.40. The van der Waals surface area contributed by atoms with Gasteiger partial charge in [0.1, 0.15) is 0 Å². The lowest BCUT2D eigenvalue weighted by atomic mass is 9.86. The van der Waals surface area contributed by atoms with Gasteiger partial charge in [-0.25, -0.2) is 0 Å². The molecule has 1 amide bonds. The number of hydrogen-bond acceptors (Lipinski definition) is 3. The molecule has 0 atom stereocenters. The van der Waals surface area contributed by atoms with E-state index < -0.39 is 0 Å². The molecular formula is C19H33N3O2. The number of likely N-dealkylation sites (N-methyl/N-ethyl adjacent to an activating group) is 1. The van der Waals surface area contributed by atoms with Crippen LogP contribution in [-0.2, 0) is 17.8 Å². The number of amides is 1. The molecule has 1 aromatic rings. The van der Waals surface area contributed by atoms with Crippen molar-refractivity contribution in [3.63, 3.8) is 0 Å². The maximum absolute atomic E-state index is 12.7. The quantitative estimate of drug-likeness (QED) is 0.869. The number of nitrogens with zero attached hydrogens (tertiary/aromatic N) is 3. The minimum atomic E-state index is 0.178. The number of aliphatic hydroxyl groups is 1. The van der Waals surface area contributed by atoms with Gasteiger partial charge in [-0.1, -0.05) is 13.8 Å². The van der Waals surface area contributed by atoms with E-state index in [1.54, 1.807) is 0 Å². The molecule has 1 N–H and O–H groups in total. The molecule has 1 aromatic heterocycles. The molecule has 2 rings (SSSR count). The Hall–Kier alpha value is -1.36. The molecule has 5 heteroatoms. The summed E-state index contributed by atoms with van der Waals surface area (Å²) in [6, 6.07) is 0.312. The number of carbonyl (C=O) groups is 1. The summed E-state index contributed by atoms with van der Waals surface area (Å²) in [5, 5.41) is 13.9. The van der Waals surface area contributed by atoms with Crippen LogP contribution in [0.2, 0.25) is 0 Å². The number of aliphatic hydroxyl groups excluding tert-OH is 1. The first-order chi connectivity index (χ1) is 11.3. The summed E-state index contributed by atoms with van der Waals surface area (Å²) in [5.41, 5.74) is 3.17. The molecule has 0 bridgehead atoms. The number of hydrogen-bond donors (Lipinski definition) is 1. The molecule has 1 aliphatic carbocycles. The maximum atomic E-state index is 12.7. The Morgan fingerprint density at radius 2 is 1.92 bits per heavy atom. The lowest BCUT2D eigenvalue weighted by Gasteiger charge is -2.34. The normalized spacial score (nSPS) is 21.3. The van der Waals surface area contributed by atoms with Crippen molar-refractivity contribution in [3.05, 3.63) is 17.0 Å². The first-order valence-corrected chi connectivity index (χ1v) is 9.22.